The van der Waals surface area contributed by atoms with Crippen molar-refractivity contribution in [2.24, 2.45) is 10.9 Å². The van der Waals surface area contributed by atoms with E-state index in [4.69, 9.17) is 9.47 Å². The number of guanidine groups is 1. The van der Waals surface area contributed by atoms with E-state index in [9.17, 15) is 0 Å². The van der Waals surface area contributed by atoms with E-state index in [0.717, 1.165) is 58.1 Å². The minimum atomic E-state index is 0. The van der Waals surface area contributed by atoms with Gasteiger partial charge in [-0.15, -0.1) is 24.0 Å². The zero-order chi connectivity index (χ0) is 19.5. The lowest BCUT2D eigenvalue weighted by Gasteiger charge is -2.39. The molecule has 0 bridgehead atoms. The molecule has 1 aliphatic heterocycles. The van der Waals surface area contributed by atoms with Crippen molar-refractivity contribution in [3.8, 4) is 0 Å². The van der Waals surface area contributed by atoms with Gasteiger partial charge in [0.1, 0.15) is 0 Å². The Morgan fingerprint density at radius 1 is 1.18 bits per heavy atom. The molecule has 0 radical (unpaired) electrons. The molecule has 1 saturated heterocycles. The Hall–Kier alpha value is -0.860. The molecular formula is C22H38IN3O2. The van der Waals surface area contributed by atoms with Crippen LogP contribution in [0.4, 0.5) is 0 Å². The number of nitrogens with one attached hydrogen (secondary N) is 2. The van der Waals surface area contributed by atoms with Crippen molar-refractivity contribution in [1.29, 1.82) is 0 Å². The Bertz CT molecular complexity index is 587. The van der Waals surface area contributed by atoms with Gasteiger partial charge >= 0.3 is 0 Å². The molecule has 1 aromatic rings. The molecule has 0 spiro atoms. The fourth-order valence-electron chi connectivity index (χ4n) is 3.61. The van der Waals surface area contributed by atoms with Gasteiger partial charge in [0.25, 0.3) is 0 Å². The summed E-state index contributed by atoms with van der Waals surface area (Å²) < 4.78 is 11.3. The molecule has 1 heterocycles. The summed E-state index contributed by atoms with van der Waals surface area (Å²) in [6.07, 6.45) is 3.16. The lowest BCUT2D eigenvalue weighted by Crippen LogP contribution is -2.48. The summed E-state index contributed by atoms with van der Waals surface area (Å²) in [5, 5.41) is 6.91. The van der Waals surface area contributed by atoms with E-state index in [1.165, 1.54) is 11.1 Å². The molecule has 1 aliphatic rings. The Morgan fingerprint density at radius 3 is 2.54 bits per heavy atom. The summed E-state index contributed by atoms with van der Waals surface area (Å²) in [6, 6.07) is 8.72. The number of halogens is 1. The maximum Gasteiger partial charge on any atom is 0.191 e. The number of rotatable bonds is 9. The molecule has 0 amide bonds. The molecule has 0 atom stereocenters. The van der Waals surface area contributed by atoms with E-state index in [-0.39, 0.29) is 29.4 Å². The van der Waals surface area contributed by atoms with Gasteiger partial charge in [-0.05, 0) is 43.2 Å². The van der Waals surface area contributed by atoms with Crippen LogP contribution >= 0.6 is 24.0 Å². The molecule has 2 N–H and O–H groups in total. The van der Waals surface area contributed by atoms with E-state index in [1.807, 2.05) is 7.05 Å². The second-order valence-corrected chi connectivity index (χ2v) is 7.86. The minimum Gasteiger partial charge on any atom is -0.381 e. The summed E-state index contributed by atoms with van der Waals surface area (Å²) >= 11 is 0. The molecule has 5 nitrogen and oxygen atoms in total. The van der Waals surface area contributed by atoms with Crippen LogP contribution in [-0.2, 0) is 14.9 Å². The topological polar surface area (TPSA) is 54.9 Å². The van der Waals surface area contributed by atoms with Gasteiger partial charge in [0.2, 0.25) is 0 Å². The molecule has 0 saturated carbocycles. The zero-order valence-corrected chi connectivity index (χ0v) is 20.3. The summed E-state index contributed by atoms with van der Waals surface area (Å²) in [6.45, 7) is 11.4. The maximum atomic E-state index is 5.68. The molecule has 0 aliphatic carbocycles. The number of ether oxygens (including phenoxy) is 2. The maximum absolute atomic E-state index is 5.68. The van der Waals surface area contributed by atoms with Crippen molar-refractivity contribution in [3.05, 3.63) is 35.4 Å². The van der Waals surface area contributed by atoms with Crippen LogP contribution in [0.5, 0.6) is 0 Å². The first-order valence-corrected chi connectivity index (χ1v) is 10.2. The van der Waals surface area contributed by atoms with Crippen LogP contribution in [0, 0.1) is 12.8 Å². The fourth-order valence-corrected chi connectivity index (χ4v) is 3.61. The normalized spacial score (nSPS) is 16.5. The molecule has 6 heteroatoms. The van der Waals surface area contributed by atoms with Gasteiger partial charge in [0.15, 0.2) is 5.96 Å². The molecule has 0 aromatic heterocycles. The highest BCUT2D eigenvalue weighted by Crippen LogP contribution is 2.36. The van der Waals surface area contributed by atoms with Crippen molar-refractivity contribution in [1.82, 2.24) is 10.6 Å². The predicted molar refractivity (Wildman–Crippen MR) is 128 cm³/mol. The number of nitrogens with zero attached hydrogens (tertiary/aromatic N) is 1. The van der Waals surface area contributed by atoms with Crippen LogP contribution in [-0.4, -0.2) is 52.5 Å². The highest BCUT2D eigenvalue weighted by atomic mass is 127. The molecule has 1 fully saturated rings. The summed E-state index contributed by atoms with van der Waals surface area (Å²) in [4.78, 5) is 4.37. The number of hydrogen-bond donors (Lipinski definition) is 2. The summed E-state index contributed by atoms with van der Waals surface area (Å²) in [5.41, 5.74) is 2.87. The van der Waals surface area contributed by atoms with Crippen molar-refractivity contribution in [2.45, 2.75) is 45.4 Å². The molecule has 28 heavy (non-hydrogen) atoms. The molecular weight excluding hydrogens is 465 g/mol. The van der Waals surface area contributed by atoms with Crippen molar-refractivity contribution in [3.63, 3.8) is 0 Å². The van der Waals surface area contributed by atoms with Gasteiger partial charge in [-0.1, -0.05) is 38.1 Å². The van der Waals surface area contributed by atoms with Crippen molar-refractivity contribution >= 4 is 29.9 Å². The second-order valence-electron chi connectivity index (χ2n) is 7.86. The number of benzene rings is 1. The largest absolute Gasteiger partial charge is 0.381 e. The van der Waals surface area contributed by atoms with Gasteiger partial charge in [-0.25, -0.2) is 0 Å². The van der Waals surface area contributed by atoms with Gasteiger partial charge in [0.05, 0.1) is 6.61 Å². The third-order valence-corrected chi connectivity index (χ3v) is 5.36. The third kappa shape index (κ3) is 7.87. The first-order chi connectivity index (χ1) is 13.1. The Labute approximate surface area is 188 Å². The number of aryl methyl sites for hydroxylation is 1. The summed E-state index contributed by atoms with van der Waals surface area (Å²) in [7, 11) is 1.82. The minimum absolute atomic E-state index is 0. The second kappa shape index (κ2) is 13.4. The van der Waals surface area contributed by atoms with Gasteiger partial charge in [0, 0.05) is 45.4 Å². The predicted octanol–water partition coefficient (Wildman–Crippen LogP) is 3.89. The van der Waals surface area contributed by atoms with Crippen LogP contribution in [0.3, 0.4) is 0 Å². The highest BCUT2D eigenvalue weighted by Gasteiger charge is 2.35. The lowest BCUT2D eigenvalue weighted by atomic mass is 9.72. The van der Waals surface area contributed by atoms with Crippen LogP contribution in [0.1, 0.15) is 44.2 Å². The van der Waals surface area contributed by atoms with E-state index in [2.05, 4.69) is 60.7 Å². The van der Waals surface area contributed by atoms with Crippen LogP contribution in [0.15, 0.2) is 29.3 Å². The zero-order valence-electron chi connectivity index (χ0n) is 17.9. The number of hydrogen-bond acceptors (Lipinski definition) is 3. The SMILES string of the molecule is CN=C(NCCOCCC(C)C)NCC1(c2ccccc2C)CCOCC1.I. The molecule has 0 unspecified atom stereocenters. The first kappa shape index (κ1) is 25.2. The monoisotopic (exact) mass is 503 g/mol. The van der Waals surface area contributed by atoms with Gasteiger partial charge in [-0.3, -0.25) is 4.99 Å². The fraction of sp³-hybridized carbons (Fsp3) is 0.682. The quantitative estimate of drug-likeness (QED) is 0.233. The average molecular weight is 503 g/mol. The van der Waals surface area contributed by atoms with Crippen molar-refractivity contribution < 1.29 is 9.47 Å². The average Bonchev–Trinajstić information content (AvgIpc) is 2.67. The molecule has 2 rings (SSSR count). The lowest BCUT2D eigenvalue weighted by molar-refractivity contribution is 0.0511. The van der Waals surface area contributed by atoms with Crippen LogP contribution in [0.2, 0.25) is 0 Å². The molecule has 1 aromatic carbocycles. The Balaban J connectivity index is 0.00000392. The van der Waals surface area contributed by atoms with Crippen LogP contribution < -0.4 is 10.6 Å². The first-order valence-electron chi connectivity index (χ1n) is 10.2. The standard InChI is InChI=1S/C22H37N3O2.HI/c1-18(2)9-13-26-16-12-24-21(23-4)25-17-22(10-14-27-15-11-22)20-8-6-5-7-19(20)3;/h5-8,18H,9-17H2,1-4H3,(H2,23,24,25);1H. The Kier molecular flexibility index (Phi) is 12.0. The smallest absolute Gasteiger partial charge is 0.191 e. The van der Waals surface area contributed by atoms with E-state index in [1.54, 1.807) is 0 Å². The van der Waals surface area contributed by atoms with E-state index < -0.39 is 0 Å². The van der Waals surface area contributed by atoms with Crippen molar-refractivity contribution in [2.75, 3.05) is 46.6 Å². The van der Waals surface area contributed by atoms with Gasteiger partial charge < -0.3 is 20.1 Å². The molecule has 160 valence electrons. The Morgan fingerprint density at radius 2 is 1.89 bits per heavy atom. The van der Waals surface area contributed by atoms with E-state index >= 15 is 0 Å². The summed E-state index contributed by atoms with van der Waals surface area (Å²) in [5.74, 6) is 1.52. The highest BCUT2D eigenvalue weighted by molar-refractivity contribution is 14.0. The van der Waals surface area contributed by atoms with Crippen LogP contribution in [0.25, 0.3) is 0 Å². The third-order valence-electron chi connectivity index (χ3n) is 5.36. The number of aliphatic imine (C=N–C) groups is 1. The van der Waals surface area contributed by atoms with E-state index in [0.29, 0.717) is 12.5 Å². The van der Waals surface area contributed by atoms with Gasteiger partial charge in [-0.2, -0.15) is 0 Å².